The van der Waals surface area contributed by atoms with Crippen LogP contribution in [0.4, 0.5) is 0 Å². The smallest absolute Gasteiger partial charge is 0.132 e. The zero-order chi connectivity index (χ0) is 12.8. The molecule has 2 heterocycles. The van der Waals surface area contributed by atoms with Gasteiger partial charge in [-0.15, -0.1) is 11.8 Å². The van der Waals surface area contributed by atoms with Gasteiger partial charge >= 0.3 is 0 Å². The molecule has 0 aliphatic carbocycles. The molecule has 1 unspecified atom stereocenters. The van der Waals surface area contributed by atoms with Gasteiger partial charge in [0.2, 0.25) is 0 Å². The normalized spacial score (nSPS) is 26.4. The maximum Gasteiger partial charge on any atom is 0.132 e. The van der Waals surface area contributed by atoms with Crippen molar-refractivity contribution >= 4 is 11.8 Å². The number of rotatable bonds is 1. The Labute approximate surface area is 113 Å². The summed E-state index contributed by atoms with van der Waals surface area (Å²) in [5.41, 5.74) is 4.84. The minimum absolute atomic E-state index is 0.487. The van der Waals surface area contributed by atoms with E-state index in [0.29, 0.717) is 5.41 Å². The lowest BCUT2D eigenvalue weighted by Gasteiger charge is -2.35. The maximum absolute atomic E-state index is 5.56. The molecule has 0 aromatic heterocycles. The summed E-state index contributed by atoms with van der Waals surface area (Å²) in [6.07, 6.45) is 2.53. The van der Waals surface area contributed by atoms with Gasteiger partial charge in [0.1, 0.15) is 5.75 Å². The Morgan fingerprint density at radius 2 is 2.22 bits per heavy atom. The van der Waals surface area contributed by atoms with Gasteiger partial charge in [-0.05, 0) is 61.4 Å². The number of hydrogen-bond donors (Lipinski definition) is 1. The Balaban J connectivity index is 2.06. The summed E-state index contributed by atoms with van der Waals surface area (Å²) >= 11 is 1.99. The predicted octanol–water partition coefficient (Wildman–Crippen LogP) is 2.94. The van der Waals surface area contributed by atoms with Crippen LogP contribution in [-0.4, -0.2) is 26.0 Å². The Bertz CT molecular complexity index is 478. The first-order valence-electron chi connectivity index (χ1n) is 6.66. The van der Waals surface area contributed by atoms with Crippen molar-refractivity contribution in [2.24, 2.45) is 5.41 Å². The third-order valence-corrected chi connectivity index (χ3v) is 6.01. The van der Waals surface area contributed by atoms with Gasteiger partial charge in [0.05, 0.1) is 12.0 Å². The molecule has 0 amide bonds. The molecule has 2 aliphatic heterocycles. The van der Waals surface area contributed by atoms with Gasteiger partial charge < -0.3 is 10.1 Å². The average Bonchev–Trinajstić information content (AvgIpc) is 2.82. The standard InChI is InChI=1S/C15H21NOS/c1-10-6-13(17-3)14-12(11(10)2)7-15(9-18-14)4-5-16-8-15/h6,16H,4-5,7-9H2,1-3H3. The van der Waals surface area contributed by atoms with Gasteiger partial charge in [-0.2, -0.15) is 0 Å². The van der Waals surface area contributed by atoms with E-state index < -0.39 is 0 Å². The number of nitrogens with one attached hydrogen (secondary N) is 1. The quantitative estimate of drug-likeness (QED) is 0.842. The highest BCUT2D eigenvalue weighted by Gasteiger charge is 2.39. The summed E-state index contributed by atoms with van der Waals surface area (Å²) in [5, 5.41) is 3.53. The van der Waals surface area contributed by atoms with Crippen molar-refractivity contribution in [3.63, 3.8) is 0 Å². The van der Waals surface area contributed by atoms with Crippen molar-refractivity contribution in [3.8, 4) is 5.75 Å². The Hall–Kier alpha value is -0.670. The van der Waals surface area contributed by atoms with Crippen LogP contribution < -0.4 is 10.1 Å². The minimum Gasteiger partial charge on any atom is -0.496 e. The molecular weight excluding hydrogens is 242 g/mol. The molecule has 1 aromatic rings. The topological polar surface area (TPSA) is 21.3 Å². The second kappa shape index (κ2) is 4.46. The SMILES string of the molecule is COc1cc(C)c(C)c2c1SCC1(CCNC1)C2. The first-order chi connectivity index (χ1) is 8.65. The molecule has 1 fully saturated rings. The van der Waals surface area contributed by atoms with E-state index in [1.54, 1.807) is 7.11 Å². The third-order valence-electron chi connectivity index (χ3n) is 4.52. The molecule has 1 saturated heterocycles. The molecule has 3 heteroatoms. The molecular formula is C15H21NOS. The number of ether oxygens (including phenoxy) is 1. The zero-order valence-electron chi connectivity index (χ0n) is 11.4. The summed E-state index contributed by atoms with van der Waals surface area (Å²) in [7, 11) is 1.78. The fourth-order valence-electron chi connectivity index (χ4n) is 3.17. The molecule has 1 atom stereocenters. The molecule has 1 N–H and O–H groups in total. The highest BCUT2D eigenvalue weighted by molar-refractivity contribution is 7.99. The number of fused-ring (bicyclic) bond motifs is 1. The zero-order valence-corrected chi connectivity index (χ0v) is 12.2. The summed E-state index contributed by atoms with van der Waals surface area (Å²) < 4.78 is 5.56. The van der Waals surface area contributed by atoms with E-state index in [-0.39, 0.29) is 0 Å². The first-order valence-corrected chi connectivity index (χ1v) is 7.64. The summed E-state index contributed by atoms with van der Waals surface area (Å²) in [5.74, 6) is 2.30. The molecule has 1 aromatic carbocycles. The van der Waals surface area contributed by atoms with Gasteiger partial charge in [0, 0.05) is 12.3 Å². The van der Waals surface area contributed by atoms with Crippen LogP contribution in [0, 0.1) is 19.3 Å². The lowest BCUT2D eigenvalue weighted by molar-refractivity contribution is 0.355. The second-order valence-electron chi connectivity index (χ2n) is 5.72. The van der Waals surface area contributed by atoms with Gasteiger partial charge in [-0.1, -0.05) is 0 Å². The fraction of sp³-hybridized carbons (Fsp3) is 0.600. The van der Waals surface area contributed by atoms with E-state index in [2.05, 4.69) is 25.2 Å². The van der Waals surface area contributed by atoms with Crippen LogP contribution in [0.15, 0.2) is 11.0 Å². The maximum atomic E-state index is 5.56. The van der Waals surface area contributed by atoms with Gasteiger partial charge in [-0.25, -0.2) is 0 Å². The van der Waals surface area contributed by atoms with Crippen LogP contribution >= 0.6 is 11.8 Å². The molecule has 2 nitrogen and oxygen atoms in total. The van der Waals surface area contributed by atoms with Crippen LogP contribution in [0.5, 0.6) is 5.75 Å². The van der Waals surface area contributed by atoms with Crippen molar-refractivity contribution in [1.82, 2.24) is 5.32 Å². The van der Waals surface area contributed by atoms with Gasteiger partial charge in [-0.3, -0.25) is 0 Å². The fourth-order valence-corrected chi connectivity index (χ4v) is 4.65. The Morgan fingerprint density at radius 3 is 2.89 bits per heavy atom. The van der Waals surface area contributed by atoms with Crippen LogP contribution in [-0.2, 0) is 6.42 Å². The molecule has 0 radical (unpaired) electrons. The van der Waals surface area contributed by atoms with Crippen LogP contribution in [0.2, 0.25) is 0 Å². The second-order valence-corrected chi connectivity index (χ2v) is 6.71. The minimum atomic E-state index is 0.487. The molecule has 3 rings (SSSR count). The molecule has 18 heavy (non-hydrogen) atoms. The number of aryl methyl sites for hydroxylation is 1. The largest absolute Gasteiger partial charge is 0.496 e. The summed E-state index contributed by atoms with van der Waals surface area (Å²) in [6, 6.07) is 2.19. The van der Waals surface area contributed by atoms with Crippen molar-refractivity contribution in [1.29, 1.82) is 0 Å². The van der Waals surface area contributed by atoms with E-state index in [1.807, 2.05) is 11.8 Å². The molecule has 98 valence electrons. The molecule has 1 spiro atoms. The molecule has 0 bridgehead atoms. The van der Waals surface area contributed by atoms with Crippen LogP contribution in [0.1, 0.15) is 23.1 Å². The van der Waals surface area contributed by atoms with Crippen LogP contribution in [0.25, 0.3) is 0 Å². The average molecular weight is 263 g/mol. The van der Waals surface area contributed by atoms with Gasteiger partial charge in [0.15, 0.2) is 0 Å². The Kier molecular flexibility index (Phi) is 3.07. The number of benzene rings is 1. The first kappa shape index (κ1) is 12.4. The summed E-state index contributed by atoms with van der Waals surface area (Å²) in [6.45, 7) is 6.81. The number of methoxy groups -OCH3 is 1. The number of hydrogen-bond acceptors (Lipinski definition) is 3. The van der Waals surface area contributed by atoms with E-state index in [0.717, 1.165) is 5.75 Å². The van der Waals surface area contributed by atoms with Crippen molar-refractivity contribution in [2.45, 2.75) is 31.6 Å². The highest BCUT2D eigenvalue weighted by atomic mass is 32.2. The monoisotopic (exact) mass is 263 g/mol. The van der Waals surface area contributed by atoms with E-state index in [9.17, 15) is 0 Å². The summed E-state index contributed by atoms with van der Waals surface area (Å²) in [4.78, 5) is 1.39. The lowest BCUT2D eigenvalue weighted by atomic mass is 9.80. The van der Waals surface area contributed by atoms with E-state index >= 15 is 0 Å². The van der Waals surface area contributed by atoms with Crippen molar-refractivity contribution < 1.29 is 4.74 Å². The molecule has 0 saturated carbocycles. The lowest BCUT2D eigenvalue weighted by Crippen LogP contribution is -2.32. The highest BCUT2D eigenvalue weighted by Crippen LogP contribution is 2.48. The number of thioether (sulfide) groups is 1. The molecule has 2 aliphatic rings. The van der Waals surface area contributed by atoms with Gasteiger partial charge in [0.25, 0.3) is 0 Å². The van der Waals surface area contributed by atoms with Crippen LogP contribution in [0.3, 0.4) is 0 Å². The van der Waals surface area contributed by atoms with Crippen molar-refractivity contribution in [2.75, 3.05) is 26.0 Å². The predicted molar refractivity (Wildman–Crippen MR) is 76.8 cm³/mol. The van der Waals surface area contributed by atoms with E-state index in [4.69, 9.17) is 4.74 Å². The Morgan fingerprint density at radius 1 is 1.39 bits per heavy atom. The third kappa shape index (κ3) is 1.84. The van der Waals surface area contributed by atoms with E-state index in [1.165, 1.54) is 53.3 Å². The van der Waals surface area contributed by atoms with Crippen molar-refractivity contribution in [3.05, 3.63) is 22.8 Å².